The molecule has 2 aromatic rings. The fraction of sp³-hybridized carbons (Fsp3) is 0.333. The molecule has 0 aliphatic heterocycles. The topological polar surface area (TPSA) is 78.7 Å². The van der Waals surface area contributed by atoms with Crippen molar-refractivity contribution in [3.8, 4) is 5.75 Å². The molecule has 0 N–H and O–H groups in total. The van der Waals surface area contributed by atoms with E-state index in [2.05, 4.69) is 12.1 Å². The third kappa shape index (κ3) is 6.33. The van der Waals surface area contributed by atoms with E-state index in [0.29, 0.717) is 18.3 Å². The fourth-order valence-electron chi connectivity index (χ4n) is 2.40. The van der Waals surface area contributed by atoms with Crippen molar-refractivity contribution >= 4 is 13.3 Å². The summed E-state index contributed by atoms with van der Waals surface area (Å²) in [5.41, 5.74) is 1.20. The van der Waals surface area contributed by atoms with Gasteiger partial charge in [-0.25, -0.2) is 4.57 Å². The summed E-state index contributed by atoms with van der Waals surface area (Å²) >= 11 is 0. The highest BCUT2D eigenvalue weighted by molar-refractivity contribution is 7.54. The quantitative estimate of drug-likeness (QED) is 0.250. The molecular formula is C18H22NO5P. The second-order valence-electron chi connectivity index (χ2n) is 5.54. The summed E-state index contributed by atoms with van der Waals surface area (Å²) < 4.78 is 23.7. The average Bonchev–Trinajstić information content (AvgIpc) is 2.60. The lowest BCUT2D eigenvalue weighted by Gasteiger charge is -2.18. The Morgan fingerprint density at radius 3 is 2.32 bits per heavy atom. The van der Waals surface area contributed by atoms with Crippen molar-refractivity contribution in [2.24, 2.45) is 0 Å². The van der Waals surface area contributed by atoms with Gasteiger partial charge in [0.25, 0.3) is 5.69 Å². The number of benzene rings is 2. The number of nitro benzene ring substituents is 1. The van der Waals surface area contributed by atoms with E-state index in [9.17, 15) is 14.7 Å². The Kier molecular flexibility index (Phi) is 7.16. The Balaban J connectivity index is 1.90. The molecule has 0 spiro atoms. The fourth-order valence-corrected chi connectivity index (χ4v) is 4.12. The number of hydrogen-bond donors (Lipinski definition) is 0. The van der Waals surface area contributed by atoms with Gasteiger partial charge in [-0.3, -0.25) is 10.1 Å². The first-order valence-electron chi connectivity index (χ1n) is 8.24. The standard InChI is InChI=1S/C18H22NO5P/c1-2-23-25(22,15-7-6-10-16-8-4-3-5-9-16)24-18-13-11-17(12-14-18)19(20)21/h3-5,8-9,11-14H,2,6-7,10,15H2,1H3. The predicted molar refractivity (Wildman–Crippen MR) is 97.2 cm³/mol. The Labute approximate surface area is 147 Å². The van der Waals surface area contributed by atoms with Crippen LogP contribution in [0.3, 0.4) is 0 Å². The van der Waals surface area contributed by atoms with E-state index >= 15 is 0 Å². The smallest absolute Gasteiger partial charge is 0.379 e. The molecule has 0 fully saturated rings. The van der Waals surface area contributed by atoms with Crippen LogP contribution in [-0.4, -0.2) is 17.7 Å². The summed E-state index contributed by atoms with van der Waals surface area (Å²) in [6, 6.07) is 15.6. The molecule has 6 nitrogen and oxygen atoms in total. The lowest BCUT2D eigenvalue weighted by atomic mass is 10.1. The third-order valence-corrected chi connectivity index (χ3v) is 5.61. The molecule has 0 bridgehead atoms. The normalized spacial score (nSPS) is 13.2. The average molecular weight is 363 g/mol. The summed E-state index contributed by atoms with van der Waals surface area (Å²) in [6.45, 7) is 2.04. The highest BCUT2D eigenvalue weighted by Gasteiger charge is 2.25. The molecule has 0 radical (unpaired) electrons. The van der Waals surface area contributed by atoms with E-state index < -0.39 is 12.5 Å². The van der Waals surface area contributed by atoms with E-state index in [0.717, 1.165) is 12.8 Å². The number of non-ortho nitro benzene ring substituents is 1. The minimum atomic E-state index is -3.27. The van der Waals surface area contributed by atoms with Gasteiger partial charge >= 0.3 is 7.60 Å². The first-order valence-corrected chi connectivity index (χ1v) is 9.97. The molecule has 2 rings (SSSR count). The molecule has 0 aliphatic rings. The van der Waals surface area contributed by atoms with Crippen molar-refractivity contribution in [1.82, 2.24) is 0 Å². The molecule has 0 saturated heterocycles. The molecule has 25 heavy (non-hydrogen) atoms. The number of aryl methyl sites for hydroxylation is 1. The molecule has 1 unspecified atom stereocenters. The SMILES string of the molecule is CCOP(=O)(CCCCc1ccccc1)Oc1ccc([N+](=O)[O-])cc1. The zero-order valence-corrected chi connectivity index (χ0v) is 15.1. The van der Waals surface area contributed by atoms with Crippen molar-refractivity contribution in [2.75, 3.05) is 12.8 Å². The van der Waals surface area contributed by atoms with Crippen molar-refractivity contribution < 1.29 is 18.5 Å². The van der Waals surface area contributed by atoms with Gasteiger partial charge in [-0.15, -0.1) is 0 Å². The number of hydrogen-bond acceptors (Lipinski definition) is 5. The van der Waals surface area contributed by atoms with E-state index in [4.69, 9.17) is 9.05 Å². The molecule has 0 aliphatic carbocycles. The molecule has 134 valence electrons. The monoisotopic (exact) mass is 363 g/mol. The van der Waals surface area contributed by atoms with Crippen molar-refractivity contribution in [3.05, 3.63) is 70.3 Å². The minimum absolute atomic E-state index is 0.0403. The zero-order chi connectivity index (χ0) is 18.1. The first kappa shape index (κ1) is 19.2. The minimum Gasteiger partial charge on any atom is -0.424 e. The van der Waals surface area contributed by atoms with E-state index in [1.165, 1.54) is 29.8 Å². The lowest BCUT2D eigenvalue weighted by Crippen LogP contribution is -2.03. The molecule has 0 heterocycles. The van der Waals surface area contributed by atoms with Crippen LogP contribution >= 0.6 is 7.60 Å². The van der Waals surface area contributed by atoms with Crippen LogP contribution in [0.2, 0.25) is 0 Å². The van der Waals surface area contributed by atoms with Crippen LogP contribution in [0, 0.1) is 10.1 Å². The third-order valence-electron chi connectivity index (χ3n) is 3.61. The largest absolute Gasteiger partial charge is 0.424 e. The van der Waals surface area contributed by atoms with E-state index in [1.54, 1.807) is 6.92 Å². The Bertz CT molecular complexity index is 718. The number of nitro groups is 1. The van der Waals surface area contributed by atoms with Crippen LogP contribution in [0.1, 0.15) is 25.3 Å². The van der Waals surface area contributed by atoms with Gasteiger partial charge in [-0.1, -0.05) is 30.3 Å². The van der Waals surface area contributed by atoms with Crippen molar-refractivity contribution in [3.63, 3.8) is 0 Å². The van der Waals surface area contributed by atoms with Crippen LogP contribution < -0.4 is 4.52 Å². The Morgan fingerprint density at radius 2 is 1.72 bits per heavy atom. The van der Waals surface area contributed by atoms with Gasteiger partial charge in [0, 0.05) is 12.1 Å². The zero-order valence-electron chi connectivity index (χ0n) is 14.2. The van der Waals surface area contributed by atoms with Crippen LogP contribution in [0.25, 0.3) is 0 Å². The number of rotatable bonds is 10. The maximum Gasteiger partial charge on any atom is 0.379 e. The highest BCUT2D eigenvalue weighted by atomic mass is 31.2. The molecule has 0 aromatic heterocycles. The maximum atomic E-state index is 12.8. The first-order chi connectivity index (χ1) is 12.0. The van der Waals surface area contributed by atoms with Gasteiger partial charge in [0.1, 0.15) is 5.75 Å². The van der Waals surface area contributed by atoms with E-state index in [-0.39, 0.29) is 12.3 Å². The van der Waals surface area contributed by atoms with Gasteiger partial charge < -0.3 is 9.05 Å². The maximum absolute atomic E-state index is 12.8. The molecule has 0 amide bonds. The van der Waals surface area contributed by atoms with Crippen LogP contribution in [0.4, 0.5) is 5.69 Å². The predicted octanol–water partition coefficient (Wildman–Crippen LogP) is 5.23. The van der Waals surface area contributed by atoms with E-state index in [1.807, 2.05) is 18.2 Å². The molecule has 2 aromatic carbocycles. The summed E-state index contributed by atoms with van der Waals surface area (Å²) in [7, 11) is -3.27. The van der Waals surface area contributed by atoms with Gasteiger partial charge in [0.05, 0.1) is 17.7 Å². The second kappa shape index (κ2) is 9.35. The van der Waals surface area contributed by atoms with Gasteiger partial charge in [-0.2, -0.15) is 0 Å². The molecule has 0 saturated carbocycles. The van der Waals surface area contributed by atoms with Crippen molar-refractivity contribution in [2.45, 2.75) is 26.2 Å². The summed E-state index contributed by atoms with van der Waals surface area (Å²) in [6.07, 6.45) is 2.80. The Morgan fingerprint density at radius 1 is 1.04 bits per heavy atom. The second-order valence-corrected chi connectivity index (χ2v) is 7.65. The summed E-state index contributed by atoms with van der Waals surface area (Å²) in [5, 5.41) is 10.7. The Hall–Kier alpha value is -2.17. The molecule has 7 heteroatoms. The van der Waals surface area contributed by atoms with Gasteiger partial charge in [0.15, 0.2) is 0 Å². The summed E-state index contributed by atoms with van der Waals surface area (Å²) in [4.78, 5) is 10.2. The highest BCUT2D eigenvalue weighted by Crippen LogP contribution is 2.49. The van der Waals surface area contributed by atoms with Crippen LogP contribution in [0.5, 0.6) is 5.75 Å². The van der Waals surface area contributed by atoms with Crippen LogP contribution in [-0.2, 0) is 15.5 Å². The lowest BCUT2D eigenvalue weighted by molar-refractivity contribution is -0.384. The number of nitrogens with zero attached hydrogens (tertiary/aromatic N) is 1. The van der Waals surface area contributed by atoms with Gasteiger partial charge in [0.2, 0.25) is 0 Å². The summed E-state index contributed by atoms with van der Waals surface area (Å²) in [5.74, 6) is 0.311. The van der Waals surface area contributed by atoms with Gasteiger partial charge in [-0.05, 0) is 43.9 Å². The molecular weight excluding hydrogens is 341 g/mol. The number of unbranched alkanes of at least 4 members (excludes halogenated alkanes) is 1. The molecule has 1 atom stereocenters. The van der Waals surface area contributed by atoms with Crippen LogP contribution in [0.15, 0.2) is 54.6 Å². The van der Waals surface area contributed by atoms with Crippen molar-refractivity contribution in [1.29, 1.82) is 0 Å².